The summed E-state index contributed by atoms with van der Waals surface area (Å²) in [7, 11) is 1.32. The summed E-state index contributed by atoms with van der Waals surface area (Å²) in [5.41, 5.74) is 4.76. The van der Waals surface area contributed by atoms with Gasteiger partial charge in [0, 0.05) is 4.47 Å². The molecule has 13 heavy (non-hydrogen) atoms. The minimum absolute atomic E-state index is 0.0109. The van der Waals surface area contributed by atoms with E-state index < -0.39 is 11.7 Å². The molecule has 1 rings (SSSR count). The van der Waals surface area contributed by atoms with E-state index in [0.29, 0.717) is 4.47 Å². The average Bonchev–Trinajstić information content (AvgIpc) is 2.08. The van der Waals surface area contributed by atoms with Crippen LogP contribution in [0.2, 0.25) is 0 Å². The predicted octanol–water partition coefficient (Wildman–Crippen LogP) is 1.70. The van der Waals surface area contributed by atoms with Gasteiger partial charge in [0.25, 0.3) is 5.91 Å². The average molecular weight is 248 g/mol. The molecule has 1 aromatic rings. The molecule has 3 nitrogen and oxygen atoms in total. The predicted molar refractivity (Wildman–Crippen MR) is 49.2 cm³/mol. The highest BCUT2D eigenvalue weighted by Crippen LogP contribution is 2.25. The molecular formula is C8H7BrFNO2. The number of methoxy groups -OCH3 is 1. The van der Waals surface area contributed by atoms with Crippen LogP contribution in [-0.4, -0.2) is 13.0 Å². The van der Waals surface area contributed by atoms with E-state index in [4.69, 9.17) is 10.5 Å². The van der Waals surface area contributed by atoms with Gasteiger partial charge in [0.15, 0.2) is 11.6 Å². The van der Waals surface area contributed by atoms with Crippen molar-refractivity contribution in [1.82, 2.24) is 0 Å². The summed E-state index contributed by atoms with van der Waals surface area (Å²) in [6, 6.07) is 2.72. The summed E-state index contributed by atoms with van der Waals surface area (Å²) in [4.78, 5) is 10.7. The van der Waals surface area contributed by atoms with Crippen molar-refractivity contribution in [3.63, 3.8) is 0 Å². The Balaban J connectivity index is 3.35. The van der Waals surface area contributed by atoms with Crippen molar-refractivity contribution >= 4 is 21.8 Å². The molecule has 0 aromatic heterocycles. The first-order valence-corrected chi connectivity index (χ1v) is 4.18. The fourth-order valence-corrected chi connectivity index (χ4v) is 1.33. The second kappa shape index (κ2) is 3.74. The molecular weight excluding hydrogens is 241 g/mol. The monoisotopic (exact) mass is 247 g/mol. The lowest BCUT2D eigenvalue weighted by molar-refractivity contribution is 0.0995. The van der Waals surface area contributed by atoms with Crippen LogP contribution in [0.1, 0.15) is 10.4 Å². The Kier molecular flexibility index (Phi) is 2.87. The van der Waals surface area contributed by atoms with Gasteiger partial charge in [-0.1, -0.05) is 15.9 Å². The second-order valence-corrected chi connectivity index (χ2v) is 3.25. The third-order valence-electron chi connectivity index (χ3n) is 1.49. The van der Waals surface area contributed by atoms with Crippen molar-refractivity contribution in [2.45, 2.75) is 0 Å². The largest absolute Gasteiger partial charge is 0.494 e. The molecule has 0 unspecified atom stereocenters. The van der Waals surface area contributed by atoms with Gasteiger partial charge in [0.05, 0.1) is 12.7 Å². The van der Waals surface area contributed by atoms with Crippen LogP contribution in [0.4, 0.5) is 4.39 Å². The minimum atomic E-state index is -0.822. The van der Waals surface area contributed by atoms with Gasteiger partial charge >= 0.3 is 0 Å². The van der Waals surface area contributed by atoms with Gasteiger partial charge in [0.2, 0.25) is 0 Å². The first-order valence-electron chi connectivity index (χ1n) is 3.39. The zero-order valence-corrected chi connectivity index (χ0v) is 8.39. The summed E-state index contributed by atoms with van der Waals surface area (Å²) in [5, 5.41) is 0. The molecule has 0 radical (unpaired) electrons. The third kappa shape index (κ3) is 1.98. The summed E-state index contributed by atoms with van der Waals surface area (Å²) < 4.78 is 18.5. The molecule has 0 spiro atoms. The number of rotatable bonds is 2. The fraction of sp³-hybridized carbons (Fsp3) is 0.125. The number of benzene rings is 1. The maximum atomic E-state index is 13.3. The highest BCUT2D eigenvalue weighted by atomic mass is 79.9. The van der Waals surface area contributed by atoms with E-state index in [9.17, 15) is 9.18 Å². The maximum Gasteiger partial charge on any atom is 0.251 e. The second-order valence-electron chi connectivity index (χ2n) is 2.33. The maximum absolute atomic E-state index is 13.3. The standard InChI is InChI=1S/C8H7BrFNO2/c1-13-6-3-4(9)2-5(7(6)10)8(11)12/h2-3H,1H3,(H2,11,12). The van der Waals surface area contributed by atoms with Crippen molar-refractivity contribution in [2.75, 3.05) is 7.11 Å². The van der Waals surface area contributed by atoms with E-state index in [1.807, 2.05) is 0 Å². The molecule has 0 aliphatic rings. The van der Waals surface area contributed by atoms with Crippen LogP contribution in [0.15, 0.2) is 16.6 Å². The molecule has 0 heterocycles. The summed E-state index contributed by atoms with van der Waals surface area (Å²) in [5.74, 6) is -1.57. The minimum Gasteiger partial charge on any atom is -0.494 e. The van der Waals surface area contributed by atoms with E-state index in [1.165, 1.54) is 19.2 Å². The van der Waals surface area contributed by atoms with Gasteiger partial charge in [-0.15, -0.1) is 0 Å². The molecule has 0 saturated heterocycles. The Hall–Kier alpha value is -1.10. The van der Waals surface area contributed by atoms with Crippen molar-refractivity contribution in [2.24, 2.45) is 5.73 Å². The number of hydrogen-bond donors (Lipinski definition) is 1. The smallest absolute Gasteiger partial charge is 0.251 e. The molecule has 0 saturated carbocycles. The first-order chi connectivity index (χ1) is 6.06. The number of carbonyl (C=O) groups is 1. The number of carbonyl (C=O) groups excluding carboxylic acids is 1. The van der Waals surface area contributed by atoms with E-state index in [1.54, 1.807) is 0 Å². The molecule has 0 bridgehead atoms. The van der Waals surface area contributed by atoms with Crippen molar-refractivity contribution in [3.05, 3.63) is 28.0 Å². The summed E-state index contributed by atoms with van der Waals surface area (Å²) in [6.45, 7) is 0. The topological polar surface area (TPSA) is 52.3 Å². The molecule has 0 fully saturated rings. The van der Waals surface area contributed by atoms with Crippen LogP contribution in [0.3, 0.4) is 0 Å². The number of ether oxygens (including phenoxy) is 1. The van der Waals surface area contributed by atoms with Crippen LogP contribution in [0.25, 0.3) is 0 Å². The quantitative estimate of drug-likeness (QED) is 0.865. The summed E-state index contributed by atoms with van der Waals surface area (Å²) >= 11 is 3.10. The molecule has 1 aromatic carbocycles. The van der Waals surface area contributed by atoms with Crippen molar-refractivity contribution < 1.29 is 13.9 Å². The van der Waals surface area contributed by atoms with Crippen molar-refractivity contribution in [1.29, 1.82) is 0 Å². The first kappa shape index (κ1) is 9.98. The molecule has 1 amide bonds. The van der Waals surface area contributed by atoms with Crippen LogP contribution >= 0.6 is 15.9 Å². The molecule has 0 atom stereocenters. The Morgan fingerprint density at radius 3 is 2.69 bits per heavy atom. The zero-order valence-electron chi connectivity index (χ0n) is 6.80. The van der Waals surface area contributed by atoms with E-state index in [2.05, 4.69) is 15.9 Å². The lowest BCUT2D eigenvalue weighted by Crippen LogP contribution is -2.13. The highest BCUT2D eigenvalue weighted by Gasteiger charge is 2.14. The fourth-order valence-electron chi connectivity index (χ4n) is 0.892. The number of halogens is 2. The molecule has 0 aliphatic carbocycles. The molecule has 2 N–H and O–H groups in total. The third-order valence-corrected chi connectivity index (χ3v) is 1.95. The Morgan fingerprint density at radius 2 is 2.23 bits per heavy atom. The highest BCUT2D eigenvalue weighted by molar-refractivity contribution is 9.10. The van der Waals surface area contributed by atoms with Gasteiger partial charge < -0.3 is 10.5 Å². The van der Waals surface area contributed by atoms with Crippen LogP contribution < -0.4 is 10.5 Å². The van der Waals surface area contributed by atoms with Crippen LogP contribution in [0, 0.1) is 5.82 Å². The van der Waals surface area contributed by atoms with Crippen LogP contribution in [-0.2, 0) is 0 Å². The van der Waals surface area contributed by atoms with Gasteiger partial charge in [-0.25, -0.2) is 4.39 Å². The van der Waals surface area contributed by atoms with Gasteiger partial charge in [-0.05, 0) is 12.1 Å². The summed E-state index contributed by atoms with van der Waals surface area (Å²) in [6.07, 6.45) is 0. The van der Waals surface area contributed by atoms with Gasteiger partial charge in [-0.2, -0.15) is 0 Å². The van der Waals surface area contributed by atoms with Gasteiger partial charge in [0.1, 0.15) is 0 Å². The molecule has 70 valence electrons. The number of primary amides is 1. The lowest BCUT2D eigenvalue weighted by Gasteiger charge is -2.05. The number of amides is 1. The van der Waals surface area contributed by atoms with E-state index in [-0.39, 0.29) is 11.3 Å². The lowest BCUT2D eigenvalue weighted by atomic mass is 10.2. The van der Waals surface area contributed by atoms with Crippen LogP contribution in [0.5, 0.6) is 5.75 Å². The molecule has 0 aliphatic heterocycles. The normalized spacial score (nSPS) is 9.77. The van der Waals surface area contributed by atoms with Gasteiger partial charge in [-0.3, -0.25) is 4.79 Å². The Labute approximate surface area is 82.8 Å². The Bertz CT molecular complexity index is 354. The Morgan fingerprint density at radius 1 is 1.62 bits per heavy atom. The SMILES string of the molecule is COc1cc(Br)cc(C(N)=O)c1F. The van der Waals surface area contributed by atoms with E-state index in [0.717, 1.165) is 0 Å². The van der Waals surface area contributed by atoms with Crippen molar-refractivity contribution in [3.8, 4) is 5.75 Å². The zero-order chi connectivity index (χ0) is 10.0. The number of nitrogens with two attached hydrogens (primary N) is 1. The number of hydrogen-bond acceptors (Lipinski definition) is 2. The van der Waals surface area contributed by atoms with E-state index >= 15 is 0 Å². The molecule has 5 heteroatoms.